The predicted octanol–water partition coefficient (Wildman–Crippen LogP) is 3.60. The second-order valence-corrected chi connectivity index (χ2v) is 6.70. The first-order valence-corrected chi connectivity index (χ1v) is 8.91. The molecule has 0 saturated heterocycles. The lowest BCUT2D eigenvalue weighted by Gasteiger charge is -2.08. The molecule has 1 aliphatic carbocycles. The molecule has 5 rings (SSSR count). The van der Waals surface area contributed by atoms with Crippen LogP contribution in [0.2, 0.25) is 0 Å². The monoisotopic (exact) mass is 359 g/mol. The molecule has 1 fully saturated rings. The number of benzene rings is 2. The van der Waals surface area contributed by atoms with Gasteiger partial charge in [-0.25, -0.2) is 5.43 Å². The highest BCUT2D eigenvalue weighted by Gasteiger charge is 2.26. The van der Waals surface area contributed by atoms with Gasteiger partial charge in [-0.2, -0.15) is 5.10 Å². The smallest absolute Gasteiger partial charge is 0.272 e. The molecule has 2 heterocycles. The van der Waals surface area contributed by atoms with Crippen LogP contribution in [-0.4, -0.2) is 23.9 Å². The summed E-state index contributed by atoms with van der Waals surface area (Å²) in [5, 5.41) is 4.93. The van der Waals surface area contributed by atoms with Crippen LogP contribution in [-0.2, 0) is 0 Å². The zero-order chi connectivity index (χ0) is 18.2. The molecule has 1 aliphatic heterocycles. The van der Waals surface area contributed by atoms with Gasteiger partial charge in [-0.3, -0.25) is 9.78 Å². The number of aromatic nitrogens is 1. The molecule has 0 unspecified atom stereocenters. The van der Waals surface area contributed by atoms with Crippen LogP contribution in [0.25, 0.3) is 10.9 Å². The van der Waals surface area contributed by atoms with Crippen LogP contribution in [0.4, 0.5) is 0 Å². The lowest BCUT2D eigenvalue weighted by atomic mass is 10.1. The number of para-hydroxylation sites is 1. The van der Waals surface area contributed by atoms with E-state index in [0.717, 1.165) is 35.0 Å². The maximum absolute atomic E-state index is 12.7. The summed E-state index contributed by atoms with van der Waals surface area (Å²) < 4.78 is 10.6. The third-order valence-electron chi connectivity index (χ3n) is 4.75. The van der Waals surface area contributed by atoms with Crippen molar-refractivity contribution in [1.82, 2.24) is 10.4 Å². The average Bonchev–Trinajstić information content (AvgIpc) is 3.45. The van der Waals surface area contributed by atoms with Crippen LogP contribution in [0, 0.1) is 0 Å². The number of ether oxygens (including phenoxy) is 2. The fourth-order valence-corrected chi connectivity index (χ4v) is 3.19. The molecule has 2 aliphatic rings. The van der Waals surface area contributed by atoms with Crippen molar-refractivity contribution in [3.05, 3.63) is 65.4 Å². The number of rotatable bonds is 4. The quantitative estimate of drug-likeness (QED) is 0.571. The van der Waals surface area contributed by atoms with Crippen molar-refractivity contribution in [3.63, 3.8) is 0 Å². The molecule has 27 heavy (non-hydrogen) atoms. The third kappa shape index (κ3) is 3.10. The van der Waals surface area contributed by atoms with Crippen molar-refractivity contribution in [1.29, 1.82) is 0 Å². The second kappa shape index (κ2) is 6.39. The van der Waals surface area contributed by atoms with Crippen molar-refractivity contribution >= 4 is 23.0 Å². The lowest BCUT2D eigenvalue weighted by molar-refractivity contribution is 0.0956. The molecule has 0 bridgehead atoms. The van der Waals surface area contributed by atoms with Crippen molar-refractivity contribution in [2.45, 2.75) is 18.8 Å². The summed E-state index contributed by atoms with van der Waals surface area (Å²) in [5.74, 6) is 1.62. The molecule has 1 N–H and O–H groups in total. The highest BCUT2D eigenvalue weighted by molar-refractivity contribution is 6.06. The number of hydrogen-bond donors (Lipinski definition) is 1. The molecule has 3 aromatic rings. The molecule has 1 saturated carbocycles. The third-order valence-corrected chi connectivity index (χ3v) is 4.75. The first-order valence-electron chi connectivity index (χ1n) is 8.91. The summed E-state index contributed by atoms with van der Waals surface area (Å²) in [6.45, 7) is 0.227. The number of pyridine rings is 1. The van der Waals surface area contributed by atoms with Crippen LogP contribution < -0.4 is 14.9 Å². The number of amides is 1. The van der Waals surface area contributed by atoms with E-state index < -0.39 is 0 Å². The van der Waals surface area contributed by atoms with Gasteiger partial charge in [0, 0.05) is 17.0 Å². The number of carbonyl (C=O) groups is 1. The lowest BCUT2D eigenvalue weighted by Crippen LogP contribution is -2.18. The van der Waals surface area contributed by atoms with Crippen molar-refractivity contribution < 1.29 is 14.3 Å². The highest BCUT2D eigenvalue weighted by atomic mass is 16.7. The molecule has 1 amide bonds. The first-order chi connectivity index (χ1) is 13.3. The number of fused-ring (bicyclic) bond motifs is 2. The van der Waals surface area contributed by atoms with Gasteiger partial charge in [-0.15, -0.1) is 0 Å². The second-order valence-electron chi connectivity index (χ2n) is 6.70. The van der Waals surface area contributed by atoms with Gasteiger partial charge in [0.25, 0.3) is 5.91 Å². The SMILES string of the molecule is O=C(NN=Cc1ccc2c(c1)OCO2)c1cc(C2CC2)nc2ccccc12. The summed E-state index contributed by atoms with van der Waals surface area (Å²) in [5.41, 5.74) is 5.87. The maximum atomic E-state index is 12.7. The standard InChI is InChI=1S/C21H17N3O3/c25-21(24-22-11-13-5-8-19-20(9-13)27-12-26-19)16-10-18(14-6-7-14)23-17-4-2-1-3-15(16)17/h1-5,8-11,14H,6-7,12H2,(H,24,25). The van der Waals surface area contributed by atoms with E-state index in [-0.39, 0.29) is 12.7 Å². The van der Waals surface area contributed by atoms with Gasteiger partial charge in [0.05, 0.1) is 17.3 Å². The van der Waals surface area contributed by atoms with Crippen molar-refractivity contribution in [2.75, 3.05) is 6.79 Å². The molecular weight excluding hydrogens is 342 g/mol. The number of nitrogens with one attached hydrogen (secondary N) is 1. The van der Waals surface area contributed by atoms with Gasteiger partial charge in [-0.05, 0) is 48.7 Å². The van der Waals surface area contributed by atoms with E-state index in [2.05, 4.69) is 10.5 Å². The molecule has 1 aromatic heterocycles. The Kier molecular flexibility index (Phi) is 3.74. The summed E-state index contributed by atoms with van der Waals surface area (Å²) in [6.07, 6.45) is 3.86. The molecule has 0 atom stereocenters. The highest BCUT2D eigenvalue weighted by Crippen LogP contribution is 2.40. The molecule has 6 nitrogen and oxygen atoms in total. The molecular formula is C21H17N3O3. The van der Waals surface area contributed by atoms with Gasteiger partial charge < -0.3 is 9.47 Å². The van der Waals surface area contributed by atoms with Crippen molar-refractivity contribution in [3.8, 4) is 11.5 Å². The van der Waals surface area contributed by atoms with Crippen LogP contribution in [0.5, 0.6) is 11.5 Å². The zero-order valence-electron chi connectivity index (χ0n) is 14.5. The predicted molar refractivity (Wildman–Crippen MR) is 101 cm³/mol. The van der Waals surface area contributed by atoms with Crippen LogP contribution in [0.1, 0.15) is 40.4 Å². The van der Waals surface area contributed by atoms with Crippen LogP contribution >= 0.6 is 0 Å². The molecule has 0 radical (unpaired) electrons. The first kappa shape index (κ1) is 15.8. The normalized spacial score (nSPS) is 15.4. The Labute approximate surface area is 155 Å². The fourth-order valence-electron chi connectivity index (χ4n) is 3.19. The average molecular weight is 359 g/mol. The summed E-state index contributed by atoms with van der Waals surface area (Å²) in [4.78, 5) is 17.4. The van der Waals surface area contributed by atoms with Gasteiger partial charge in [0.2, 0.25) is 6.79 Å². The van der Waals surface area contributed by atoms with Crippen LogP contribution in [0.15, 0.2) is 53.6 Å². The number of carbonyl (C=O) groups excluding carboxylic acids is 1. The fraction of sp³-hybridized carbons (Fsp3) is 0.190. The van der Waals surface area contributed by atoms with E-state index in [4.69, 9.17) is 14.5 Å². The van der Waals surface area contributed by atoms with E-state index in [9.17, 15) is 4.79 Å². The Morgan fingerprint density at radius 1 is 1.11 bits per heavy atom. The number of nitrogens with zero attached hydrogens (tertiary/aromatic N) is 2. The van der Waals surface area contributed by atoms with Crippen LogP contribution in [0.3, 0.4) is 0 Å². The minimum absolute atomic E-state index is 0.227. The zero-order valence-corrected chi connectivity index (χ0v) is 14.5. The van der Waals surface area contributed by atoms with Gasteiger partial charge in [0.1, 0.15) is 0 Å². The minimum atomic E-state index is -0.243. The number of hydrogen-bond acceptors (Lipinski definition) is 5. The molecule has 6 heteroatoms. The van der Waals surface area contributed by atoms with Gasteiger partial charge >= 0.3 is 0 Å². The van der Waals surface area contributed by atoms with E-state index in [1.54, 1.807) is 6.21 Å². The number of hydrazone groups is 1. The Morgan fingerprint density at radius 3 is 2.85 bits per heavy atom. The molecule has 0 spiro atoms. The summed E-state index contributed by atoms with van der Waals surface area (Å²) in [6, 6.07) is 15.1. The van der Waals surface area contributed by atoms with E-state index in [1.165, 1.54) is 0 Å². The summed E-state index contributed by atoms with van der Waals surface area (Å²) in [7, 11) is 0. The van der Waals surface area contributed by atoms with Crippen molar-refractivity contribution in [2.24, 2.45) is 5.10 Å². The van der Waals surface area contributed by atoms with E-state index >= 15 is 0 Å². The Hall–Kier alpha value is -3.41. The molecule has 134 valence electrons. The Morgan fingerprint density at radius 2 is 1.96 bits per heavy atom. The largest absolute Gasteiger partial charge is 0.454 e. The van der Waals surface area contributed by atoms with Gasteiger partial charge in [0.15, 0.2) is 11.5 Å². The Bertz CT molecular complexity index is 1070. The molecule has 2 aromatic carbocycles. The Balaban J connectivity index is 1.39. The van der Waals surface area contributed by atoms with E-state index in [1.807, 2.05) is 48.5 Å². The van der Waals surface area contributed by atoms with E-state index in [0.29, 0.717) is 23.0 Å². The maximum Gasteiger partial charge on any atom is 0.272 e. The summed E-state index contributed by atoms with van der Waals surface area (Å²) >= 11 is 0. The van der Waals surface area contributed by atoms with Gasteiger partial charge in [-0.1, -0.05) is 18.2 Å². The minimum Gasteiger partial charge on any atom is -0.454 e. The topological polar surface area (TPSA) is 72.8 Å².